The summed E-state index contributed by atoms with van der Waals surface area (Å²) in [5.41, 5.74) is 10.0. The molecule has 0 spiro atoms. The fourth-order valence-electron chi connectivity index (χ4n) is 6.71. The van der Waals surface area contributed by atoms with Crippen molar-refractivity contribution in [2.45, 2.75) is 6.54 Å². The molecule has 1 amide bonds. The van der Waals surface area contributed by atoms with Crippen LogP contribution in [0.2, 0.25) is 0 Å². The molecule has 0 fully saturated rings. The lowest BCUT2D eigenvalue weighted by molar-refractivity contribution is 0.0996. The van der Waals surface area contributed by atoms with Crippen molar-refractivity contribution in [1.82, 2.24) is 4.57 Å². The van der Waals surface area contributed by atoms with Crippen molar-refractivity contribution in [3.05, 3.63) is 156 Å². The normalized spacial score (nSPS) is 12.3. The topological polar surface area (TPSA) is 72.8 Å². The molecule has 6 aromatic carbocycles. The highest BCUT2D eigenvalue weighted by Gasteiger charge is 2.33. The first kappa shape index (κ1) is 26.2. The standard InChI is InChI=1S/C40H24N4O/c41-23-26-20-27(24-42)22-29(21-26)31-14-8-15-33-32-13-5-7-18-37(32)44(39(31)33)38-19-9-16-34-35(38)25-43(40(34)45)36-17-6-4-12-30(36)28-10-2-1-3-11-28/h1-22H,25H2. The molecule has 5 heteroatoms. The van der Waals surface area contributed by atoms with Gasteiger partial charge in [0.2, 0.25) is 0 Å². The Kier molecular flexibility index (Phi) is 6.05. The quantitative estimate of drug-likeness (QED) is 0.210. The molecule has 0 saturated heterocycles. The van der Waals surface area contributed by atoms with Gasteiger partial charge in [0.05, 0.1) is 52.2 Å². The van der Waals surface area contributed by atoms with Gasteiger partial charge in [-0.25, -0.2) is 0 Å². The molecule has 0 bridgehead atoms. The number of aromatic nitrogens is 1. The Bertz CT molecular complexity index is 2370. The van der Waals surface area contributed by atoms with Crippen LogP contribution >= 0.6 is 0 Å². The number of hydrogen-bond acceptors (Lipinski definition) is 3. The lowest BCUT2D eigenvalue weighted by Crippen LogP contribution is -2.23. The van der Waals surface area contributed by atoms with E-state index in [0.717, 1.165) is 61.0 Å². The number of rotatable bonds is 4. The minimum atomic E-state index is -0.0309. The van der Waals surface area contributed by atoms with Gasteiger partial charge in [0.25, 0.3) is 5.91 Å². The van der Waals surface area contributed by atoms with E-state index < -0.39 is 0 Å². The average Bonchev–Trinajstić information content (AvgIpc) is 3.63. The number of carbonyl (C=O) groups is 1. The summed E-state index contributed by atoms with van der Waals surface area (Å²) < 4.78 is 2.24. The Morgan fingerprint density at radius 1 is 0.556 bits per heavy atom. The summed E-state index contributed by atoms with van der Waals surface area (Å²) >= 11 is 0. The number of benzene rings is 6. The fraction of sp³-hybridized carbons (Fsp3) is 0.0250. The predicted molar refractivity (Wildman–Crippen MR) is 178 cm³/mol. The Hall–Kier alpha value is -6.43. The molecule has 5 nitrogen and oxygen atoms in total. The largest absolute Gasteiger partial charge is 0.308 e. The van der Waals surface area contributed by atoms with Crippen LogP contribution in [0, 0.1) is 22.7 Å². The SMILES string of the molecule is N#Cc1cc(C#N)cc(-c2cccc3c4ccccc4n(-c4cccc5c4CN(c4ccccc4-c4ccccc4)C5=O)c23)c1. The predicted octanol–water partition coefficient (Wildman–Crippen LogP) is 9.02. The number of fused-ring (bicyclic) bond motifs is 4. The van der Waals surface area contributed by atoms with Crippen LogP contribution in [0.1, 0.15) is 27.0 Å². The summed E-state index contributed by atoms with van der Waals surface area (Å²) in [5.74, 6) is -0.0309. The zero-order valence-electron chi connectivity index (χ0n) is 24.1. The molecule has 0 radical (unpaired) electrons. The molecule has 2 heterocycles. The number of nitrogens with zero attached hydrogens (tertiary/aromatic N) is 4. The first-order valence-corrected chi connectivity index (χ1v) is 14.7. The van der Waals surface area contributed by atoms with Gasteiger partial charge in [0.15, 0.2) is 0 Å². The van der Waals surface area contributed by atoms with Gasteiger partial charge in [0.1, 0.15) is 0 Å². The highest BCUT2D eigenvalue weighted by atomic mass is 16.2. The average molecular weight is 577 g/mol. The van der Waals surface area contributed by atoms with Crippen molar-refractivity contribution >= 4 is 33.4 Å². The van der Waals surface area contributed by atoms with Crippen LogP contribution < -0.4 is 4.90 Å². The summed E-state index contributed by atoms with van der Waals surface area (Å²) in [6.45, 7) is 0.423. The van der Waals surface area contributed by atoms with E-state index in [1.54, 1.807) is 6.07 Å². The van der Waals surface area contributed by atoms with E-state index in [2.05, 4.69) is 59.2 Å². The molecule has 1 aliphatic heterocycles. The van der Waals surface area contributed by atoms with Gasteiger partial charge in [-0.3, -0.25) is 4.79 Å². The molecule has 1 aliphatic rings. The van der Waals surface area contributed by atoms with Crippen LogP contribution in [0.4, 0.5) is 5.69 Å². The second kappa shape index (κ2) is 10.4. The number of amides is 1. The second-order valence-electron chi connectivity index (χ2n) is 11.2. The summed E-state index contributed by atoms with van der Waals surface area (Å²) in [5, 5.41) is 21.6. The van der Waals surface area contributed by atoms with Crippen molar-refractivity contribution in [3.8, 4) is 40.1 Å². The fourth-order valence-corrected chi connectivity index (χ4v) is 6.71. The Morgan fingerprint density at radius 3 is 1.98 bits per heavy atom. The molecule has 0 atom stereocenters. The minimum Gasteiger partial charge on any atom is -0.308 e. The van der Waals surface area contributed by atoms with Crippen molar-refractivity contribution in [1.29, 1.82) is 10.5 Å². The molecule has 7 aromatic rings. The molecule has 1 aromatic heterocycles. The van der Waals surface area contributed by atoms with Gasteiger partial charge in [-0.15, -0.1) is 0 Å². The van der Waals surface area contributed by atoms with Crippen LogP contribution in [0.3, 0.4) is 0 Å². The lowest BCUT2D eigenvalue weighted by Gasteiger charge is -2.20. The van der Waals surface area contributed by atoms with E-state index in [9.17, 15) is 15.3 Å². The second-order valence-corrected chi connectivity index (χ2v) is 11.2. The number of hydrogen-bond donors (Lipinski definition) is 0. The summed E-state index contributed by atoms with van der Waals surface area (Å²) in [6.07, 6.45) is 0. The van der Waals surface area contributed by atoms with Gasteiger partial charge < -0.3 is 9.47 Å². The molecular weight excluding hydrogens is 552 g/mol. The molecule has 0 aliphatic carbocycles. The maximum absolute atomic E-state index is 14.1. The van der Waals surface area contributed by atoms with E-state index in [0.29, 0.717) is 23.2 Å². The van der Waals surface area contributed by atoms with Gasteiger partial charge in [-0.1, -0.05) is 91.0 Å². The number of anilines is 1. The van der Waals surface area contributed by atoms with E-state index in [1.165, 1.54) is 0 Å². The molecule has 0 saturated carbocycles. The van der Waals surface area contributed by atoms with Crippen LogP contribution in [0.15, 0.2) is 133 Å². The van der Waals surface area contributed by atoms with E-state index in [-0.39, 0.29) is 5.91 Å². The number of para-hydroxylation sites is 3. The van der Waals surface area contributed by atoms with Crippen molar-refractivity contribution < 1.29 is 4.79 Å². The number of carbonyl (C=O) groups excluding carboxylic acids is 1. The third kappa shape index (κ3) is 4.11. The van der Waals surface area contributed by atoms with Crippen LogP contribution in [0.5, 0.6) is 0 Å². The van der Waals surface area contributed by atoms with Crippen LogP contribution in [-0.4, -0.2) is 10.5 Å². The van der Waals surface area contributed by atoms with Crippen molar-refractivity contribution in [3.63, 3.8) is 0 Å². The molecule has 45 heavy (non-hydrogen) atoms. The molecule has 0 unspecified atom stereocenters. The summed E-state index contributed by atoms with van der Waals surface area (Å²) in [6, 6.07) is 48.3. The highest BCUT2D eigenvalue weighted by Crippen LogP contribution is 2.42. The van der Waals surface area contributed by atoms with E-state index in [1.807, 2.05) is 89.8 Å². The minimum absolute atomic E-state index is 0.0309. The van der Waals surface area contributed by atoms with Gasteiger partial charge in [-0.2, -0.15) is 10.5 Å². The van der Waals surface area contributed by atoms with E-state index in [4.69, 9.17) is 0 Å². The highest BCUT2D eigenvalue weighted by molar-refractivity contribution is 6.15. The molecule has 8 rings (SSSR count). The van der Waals surface area contributed by atoms with Gasteiger partial charge in [0, 0.05) is 33.0 Å². The molecule has 210 valence electrons. The van der Waals surface area contributed by atoms with Crippen LogP contribution in [-0.2, 0) is 6.54 Å². The Labute approximate surface area is 260 Å². The third-order valence-electron chi connectivity index (χ3n) is 8.66. The third-order valence-corrected chi connectivity index (χ3v) is 8.66. The maximum Gasteiger partial charge on any atom is 0.259 e. The van der Waals surface area contributed by atoms with Gasteiger partial charge in [-0.05, 0) is 53.6 Å². The molecule has 0 N–H and O–H groups in total. The zero-order valence-corrected chi connectivity index (χ0v) is 24.1. The number of nitriles is 2. The zero-order chi connectivity index (χ0) is 30.5. The van der Waals surface area contributed by atoms with Crippen LogP contribution in [0.25, 0.3) is 49.7 Å². The van der Waals surface area contributed by atoms with Crippen molar-refractivity contribution in [2.24, 2.45) is 0 Å². The van der Waals surface area contributed by atoms with Gasteiger partial charge >= 0.3 is 0 Å². The first-order chi connectivity index (χ1) is 22.2. The smallest absolute Gasteiger partial charge is 0.259 e. The molecular formula is C40H24N4O. The summed E-state index contributed by atoms with van der Waals surface area (Å²) in [4.78, 5) is 16.0. The Morgan fingerprint density at radius 2 is 1.18 bits per heavy atom. The van der Waals surface area contributed by atoms with E-state index >= 15 is 0 Å². The monoisotopic (exact) mass is 576 g/mol. The Balaban J connectivity index is 1.37. The van der Waals surface area contributed by atoms with Crippen molar-refractivity contribution in [2.75, 3.05) is 4.90 Å². The maximum atomic E-state index is 14.1. The summed E-state index contributed by atoms with van der Waals surface area (Å²) in [7, 11) is 0. The lowest BCUT2D eigenvalue weighted by atomic mass is 9.98. The first-order valence-electron chi connectivity index (χ1n) is 14.7.